The number of nitrogens with zero attached hydrogens (tertiary/aromatic N) is 3. The first kappa shape index (κ1) is 17.3. The molecule has 0 atom stereocenters. The SMILES string of the molecule is COc1c([N+](=O)[O-])c(C)c([N+](=O)[O-])c(C(C)(C)C)c1[N+](=O)[O-]. The summed E-state index contributed by atoms with van der Waals surface area (Å²) in [4.78, 5) is 31.3. The molecule has 1 rings (SSSR count). The van der Waals surface area contributed by atoms with Crippen molar-refractivity contribution in [3.8, 4) is 5.75 Å². The van der Waals surface area contributed by atoms with E-state index in [9.17, 15) is 30.3 Å². The molecule has 0 saturated carbocycles. The topological polar surface area (TPSA) is 139 Å². The first-order valence-electron chi connectivity index (χ1n) is 6.13. The van der Waals surface area contributed by atoms with Crippen molar-refractivity contribution in [2.24, 2.45) is 0 Å². The zero-order valence-electron chi connectivity index (χ0n) is 12.7. The lowest BCUT2D eigenvalue weighted by Gasteiger charge is -2.20. The van der Waals surface area contributed by atoms with Crippen LogP contribution in [0.3, 0.4) is 0 Å². The molecule has 10 heteroatoms. The molecule has 0 heterocycles. The molecule has 0 aliphatic rings. The molecule has 0 amide bonds. The van der Waals surface area contributed by atoms with Crippen LogP contribution in [0.2, 0.25) is 0 Å². The fourth-order valence-electron chi connectivity index (χ4n) is 2.33. The van der Waals surface area contributed by atoms with E-state index in [2.05, 4.69) is 0 Å². The Morgan fingerprint density at radius 1 is 0.864 bits per heavy atom. The summed E-state index contributed by atoms with van der Waals surface area (Å²) in [6.45, 7) is 5.82. The second kappa shape index (κ2) is 5.54. The molecular weight excluding hydrogens is 298 g/mol. The second-order valence-electron chi connectivity index (χ2n) is 5.60. The van der Waals surface area contributed by atoms with Gasteiger partial charge in [0, 0.05) is 5.41 Å². The Bertz CT molecular complexity index is 677. The molecule has 10 nitrogen and oxygen atoms in total. The predicted octanol–water partition coefficient (Wildman–Crippen LogP) is 3.03. The lowest BCUT2D eigenvalue weighted by molar-refractivity contribution is -0.406. The fourth-order valence-corrected chi connectivity index (χ4v) is 2.33. The largest absolute Gasteiger partial charge is 0.485 e. The summed E-state index contributed by atoms with van der Waals surface area (Å²) in [7, 11) is 1.05. The number of nitro groups is 3. The minimum atomic E-state index is -0.988. The van der Waals surface area contributed by atoms with E-state index in [1.54, 1.807) is 20.8 Å². The van der Waals surface area contributed by atoms with Gasteiger partial charge in [-0.3, -0.25) is 30.3 Å². The van der Waals surface area contributed by atoms with E-state index < -0.39 is 43.0 Å². The zero-order valence-corrected chi connectivity index (χ0v) is 12.7. The van der Waals surface area contributed by atoms with Crippen LogP contribution in [0.5, 0.6) is 5.75 Å². The van der Waals surface area contributed by atoms with Crippen molar-refractivity contribution in [1.29, 1.82) is 0 Å². The van der Waals surface area contributed by atoms with Crippen LogP contribution in [0.1, 0.15) is 31.9 Å². The highest BCUT2D eigenvalue weighted by Gasteiger charge is 2.45. The summed E-state index contributed by atoms with van der Waals surface area (Å²) in [5.74, 6) is -0.581. The lowest BCUT2D eigenvalue weighted by atomic mass is 9.82. The monoisotopic (exact) mass is 313 g/mol. The molecule has 0 spiro atoms. The molecule has 22 heavy (non-hydrogen) atoms. The molecule has 0 fully saturated rings. The number of benzene rings is 1. The Balaban J connectivity index is 4.23. The second-order valence-corrected chi connectivity index (χ2v) is 5.60. The van der Waals surface area contributed by atoms with Crippen molar-refractivity contribution in [3.63, 3.8) is 0 Å². The molecule has 0 bridgehead atoms. The summed E-state index contributed by atoms with van der Waals surface area (Å²) >= 11 is 0. The maximum atomic E-state index is 11.4. The molecule has 1 aromatic rings. The average molecular weight is 313 g/mol. The van der Waals surface area contributed by atoms with Gasteiger partial charge in [-0.25, -0.2) is 0 Å². The normalized spacial score (nSPS) is 11.1. The van der Waals surface area contributed by atoms with Crippen molar-refractivity contribution in [1.82, 2.24) is 0 Å². The van der Waals surface area contributed by atoms with Crippen LogP contribution in [0.25, 0.3) is 0 Å². The Kier molecular flexibility index (Phi) is 4.35. The Hall–Kier alpha value is -2.78. The number of methoxy groups -OCH3 is 1. The Morgan fingerprint density at radius 2 is 1.27 bits per heavy atom. The highest BCUT2D eigenvalue weighted by Crippen LogP contribution is 2.51. The predicted molar refractivity (Wildman–Crippen MR) is 76.4 cm³/mol. The van der Waals surface area contributed by atoms with Gasteiger partial charge >= 0.3 is 11.4 Å². The van der Waals surface area contributed by atoms with Gasteiger partial charge in [0.25, 0.3) is 11.4 Å². The standard InChI is InChI=1S/C12H15N3O7/c1-6-8(13(16)17)7(12(2,3)4)10(15(20)21)11(22-5)9(6)14(18)19/h1-5H3. The first-order valence-corrected chi connectivity index (χ1v) is 6.13. The van der Waals surface area contributed by atoms with Crippen molar-refractivity contribution < 1.29 is 19.5 Å². The summed E-state index contributed by atoms with van der Waals surface area (Å²) in [5.41, 5.74) is -3.62. The summed E-state index contributed by atoms with van der Waals surface area (Å²) in [6, 6.07) is 0. The highest BCUT2D eigenvalue weighted by molar-refractivity contribution is 5.76. The van der Waals surface area contributed by atoms with Gasteiger partial charge < -0.3 is 4.74 Å². The molecular formula is C12H15N3O7. The van der Waals surface area contributed by atoms with E-state index in [0.717, 1.165) is 7.11 Å². The maximum absolute atomic E-state index is 11.4. The van der Waals surface area contributed by atoms with Crippen molar-refractivity contribution in [2.75, 3.05) is 7.11 Å². The molecule has 1 aromatic carbocycles. The number of rotatable bonds is 4. The summed E-state index contributed by atoms with van der Waals surface area (Å²) in [5, 5.41) is 33.9. The molecule has 120 valence electrons. The third-order valence-corrected chi connectivity index (χ3v) is 3.12. The van der Waals surface area contributed by atoms with Crippen LogP contribution in [0, 0.1) is 37.3 Å². The van der Waals surface area contributed by atoms with Gasteiger partial charge in [-0.15, -0.1) is 0 Å². The van der Waals surface area contributed by atoms with Crippen LogP contribution in [-0.2, 0) is 5.41 Å². The van der Waals surface area contributed by atoms with Crippen LogP contribution >= 0.6 is 0 Å². The molecule has 0 saturated heterocycles. The number of ether oxygens (including phenoxy) is 1. The number of nitro benzene ring substituents is 3. The lowest BCUT2D eigenvalue weighted by Crippen LogP contribution is -2.19. The van der Waals surface area contributed by atoms with Gasteiger partial charge in [-0.1, -0.05) is 20.8 Å². The third-order valence-electron chi connectivity index (χ3n) is 3.12. The zero-order chi connectivity index (χ0) is 17.4. The van der Waals surface area contributed by atoms with E-state index in [4.69, 9.17) is 4.74 Å². The third kappa shape index (κ3) is 2.67. The molecule has 0 radical (unpaired) electrons. The quantitative estimate of drug-likeness (QED) is 0.614. The maximum Gasteiger partial charge on any atom is 0.328 e. The minimum Gasteiger partial charge on any atom is -0.485 e. The van der Waals surface area contributed by atoms with Gasteiger partial charge in [0.15, 0.2) is 0 Å². The summed E-state index contributed by atoms with van der Waals surface area (Å²) < 4.78 is 4.84. The van der Waals surface area contributed by atoms with E-state index in [-0.39, 0.29) is 11.1 Å². The van der Waals surface area contributed by atoms with Gasteiger partial charge in [0.05, 0.1) is 21.9 Å². The molecule has 0 aromatic heterocycles. The van der Waals surface area contributed by atoms with Gasteiger partial charge in [-0.2, -0.15) is 0 Å². The van der Waals surface area contributed by atoms with Crippen LogP contribution in [0.15, 0.2) is 0 Å². The van der Waals surface area contributed by atoms with E-state index >= 15 is 0 Å². The van der Waals surface area contributed by atoms with E-state index in [0.29, 0.717) is 0 Å². The fraction of sp³-hybridized carbons (Fsp3) is 0.500. The van der Waals surface area contributed by atoms with E-state index in [1.807, 2.05) is 0 Å². The van der Waals surface area contributed by atoms with Crippen molar-refractivity contribution in [3.05, 3.63) is 41.5 Å². The molecule has 0 aliphatic carbocycles. The number of hydrogen-bond donors (Lipinski definition) is 0. The Morgan fingerprint density at radius 3 is 1.55 bits per heavy atom. The van der Waals surface area contributed by atoms with Crippen LogP contribution in [-0.4, -0.2) is 21.9 Å². The number of hydrogen-bond acceptors (Lipinski definition) is 7. The molecule has 0 unspecified atom stereocenters. The van der Waals surface area contributed by atoms with Gasteiger partial charge in [0.1, 0.15) is 11.1 Å². The Labute approximate surface area is 125 Å². The van der Waals surface area contributed by atoms with Crippen molar-refractivity contribution in [2.45, 2.75) is 33.1 Å². The highest BCUT2D eigenvalue weighted by atomic mass is 16.6. The smallest absolute Gasteiger partial charge is 0.328 e. The summed E-state index contributed by atoms with van der Waals surface area (Å²) in [6.07, 6.45) is 0. The first-order chi connectivity index (χ1) is 9.95. The molecule has 0 aliphatic heterocycles. The molecule has 0 N–H and O–H groups in total. The minimum absolute atomic E-state index is 0.206. The van der Waals surface area contributed by atoms with Crippen molar-refractivity contribution >= 4 is 17.1 Å². The average Bonchev–Trinajstić information content (AvgIpc) is 2.34. The van der Waals surface area contributed by atoms with Gasteiger partial charge in [-0.05, 0) is 6.92 Å². The van der Waals surface area contributed by atoms with Gasteiger partial charge in [0.2, 0.25) is 0 Å². The van der Waals surface area contributed by atoms with Crippen LogP contribution in [0.4, 0.5) is 17.1 Å². The van der Waals surface area contributed by atoms with Crippen LogP contribution < -0.4 is 4.74 Å². The van der Waals surface area contributed by atoms with E-state index in [1.165, 1.54) is 6.92 Å².